The van der Waals surface area contributed by atoms with Crippen LogP contribution in [-0.2, 0) is 7.05 Å². The van der Waals surface area contributed by atoms with E-state index in [-0.39, 0.29) is 5.69 Å². The lowest BCUT2D eigenvalue weighted by Crippen LogP contribution is -1.89. The summed E-state index contributed by atoms with van der Waals surface area (Å²) in [6.45, 7) is 0. The second-order valence-electron chi connectivity index (χ2n) is 4.87. The molecule has 0 bridgehead atoms. The molecule has 7 heteroatoms. The topological polar surface area (TPSA) is 86.7 Å². The van der Waals surface area contributed by atoms with Crippen LogP contribution in [0, 0.1) is 10.1 Å². The van der Waals surface area contributed by atoms with Gasteiger partial charge in [0.1, 0.15) is 6.20 Å². The van der Waals surface area contributed by atoms with E-state index in [0.717, 1.165) is 16.8 Å². The van der Waals surface area contributed by atoms with Gasteiger partial charge in [-0.05, 0) is 30.4 Å². The molecule has 0 aliphatic carbocycles. The Bertz CT molecular complexity index is 854. The molecule has 0 fully saturated rings. The zero-order chi connectivity index (χ0) is 16.2. The van der Waals surface area contributed by atoms with Crippen molar-refractivity contribution in [1.82, 2.24) is 19.7 Å². The second-order valence-corrected chi connectivity index (χ2v) is 4.87. The summed E-state index contributed by atoms with van der Waals surface area (Å²) in [5.41, 5.74) is 3.35. The molecule has 0 amide bonds. The summed E-state index contributed by atoms with van der Waals surface area (Å²) >= 11 is 0. The molecule has 0 saturated carbocycles. The lowest BCUT2D eigenvalue weighted by atomic mass is 10.1. The zero-order valence-electron chi connectivity index (χ0n) is 12.3. The van der Waals surface area contributed by atoms with E-state index in [2.05, 4.69) is 15.1 Å². The van der Waals surface area contributed by atoms with Crippen LogP contribution in [0.3, 0.4) is 0 Å². The summed E-state index contributed by atoms with van der Waals surface area (Å²) in [6.07, 6.45) is 10.3. The second kappa shape index (κ2) is 6.18. The molecule has 3 aromatic rings. The van der Waals surface area contributed by atoms with Crippen molar-refractivity contribution in [2.45, 2.75) is 0 Å². The molecular formula is C16H13N5O2. The summed E-state index contributed by atoms with van der Waals surface area (Å²) in [6, 6.07) is 6.82. The van der Waals surface area contributed by atoms with Gasteiger partial charge in [-0.1, -0.05) is 0 Å². The third kappa shape index (κ3) is 3.29. The van der Waals surface area contributed by atoms with E-state index >= 15 is 0 Å². The Hall–Kier alpha value is -3.35. The standard InChI is InChI=1S/C16H13N5O2/c1-20-11-13(16(19-20)12-6-8-17-9-7-12)2-3-14-4-5-15(10-18-14)21(22)23/h2-11H,1H3. The lowest BCUT2D eigenvalue weighted by molar-refractivity contribution is -0.385. The van der Waals surface area contributed by atoms with Crippen LogP contribution in [0.2, 0.25) is 0 Å². The molecule has 0 aliphatic rings. The molecule has 3 aromatic heterocycles. The number of hydrogen-bond acceptors (Lipinski definition) is 5. The monoisotopic (exact) mass is 307 g/mol. The SMILES string of the molecule is Cn1cc(C=Cc2ccc([N+](=O)[O-])cn2)c(-c2ccncc2)n1. The summed E-state index contributed by atoms with van der Waals surface area (Å²) in [7, 11) is 1.85. The van der Waals surface area contributed by atoms with E-state index in [1.807, 2.05) is 31.5 Å². The third-order valence-electron chi connectivity index (χ3n) is 3.23. The van der Waals surface area contributed by atoms with Crippen molar-refractivity contribution in [3.8, 4) is 11.3 Å². The van der Waals surface area contributed by atoms with Crippen molar-refractivity contribution in [3.05, 3.63) is 70.4 Å². The van der Waals surface area contributed by atoms with Gasteiger partial charge < -0.3 is 0 Å². The van der Waals surface area contributed by atoms with Gasteiger partial charge in [0.2, 0.25) is 0 Å². The van der Waals surface area contributed by atoms with Gasteiger partial charge in [0.05, 0.1) is 16.3 Å². The Labute approximate surface area is 132 Å². The van der Waals surface area contributed by atoms with Crippen LogP contribution in [0.25, 0.3) is 23.4 Å². The molecule has 23 heavy (non-hydrogen) atoms. The van der Waals surface area contributed by atoms with Crippen molar-refractivity contribution in [2.75, 3.05) is 0 Å². The Kier molecular flexibility index (Phi) is 3.92. The fourth-order valence-corrected chi connectivity index (χ4v) is 2.14. The van der Waals surface area contributed by atoms with Gasteiger partial charge in [-0.2, -0.15) is 5.10 Å². The van der Waals surface area contributed by atoms with Gasteiger partial charge >= 0.3 is 0 Å². The first-order valence-electron chi connectivity index (χ1n) is 6.86. The number of hydrogen-bond donors (Lipinski definition) is 0. The highest BCUT2D eigenvalue weighted by Crippen LogP contribution is 2.23. The first-order valence-corrected chi connectivity index (χ1v) is 6.86. The van der Waals surface area contributed by atoms with Crippen LogP contribution in [0.1, 0.15) is 11.3 Å². The summed E-state index contributed by atoms with van der Waals surface area (Å²) in [5.74, 6) is 0. The average Bonchev–Trinajstić information content (AvgIpc) is 2.95. The third-order valence-corrected chi connectivity index (χ3v) is 3.23. The number of nitrogens with zero attached hydrogens (tertiary/aromatic N) is 5. The normalized spacial score (nSPS) is 11.0. The summed E-state index contributed by atoms with van der Waals surface area (Å²) in [5, 5.41) is 15.1. The maximum Gasteiger partial charge on any atom is 0.287 e. The number of rotatable bonds is 4. The molecule has 0 radical (unpaired) electrons. The highest BCUT2D eigenvalue weighted by atomic mass is 16.6. The van der Waals surface area contributed by atoms with Crippen molar-refractivity contribution >= 4 is 17.8 Å². The Morgan fingerprint density at radius 1 is 1.17 bits per heavy atom. The predicted molar refractivity (Wildman–Crippen MR) is 86.3 cm³/mol. The van der Waals surface area contributed by atoms with Crippen LogP contribution in [0.15, 0.2) is 49.1 Å². The quantitative estimate of drug-likeness (QED) is 0.546. The van der Waals surface area contributed by atoms with E-state index in [0.29, 0.717) is 5.69 Å². The van der Waals surface area contributed by atoms with E-state index in [1.165, 1.54) is 12.3 Å². The minimum absolute atomic E-state index is 0.0268. The van der Waals surface area contributed by atoms with E-state index < -0.39 is 4.92 Å². The maximum absolute atomic E-state index is 10.6. The van der Waals surface area contributed by atoms with Gasteiger partial charge in [-0.25, -0.2) is 4.98 Å². The molecule has 7 nitrogen and oxygen atoms in total. The summed E-state index contributed by atoms with van der Waals surface area (Å²) < 4.78 is 1.73. The van der Waals surface area contributed by atoms with Gasteiger partial charge in [0, 0.05) is 42.8 Å². The van der Waals surface area contributed by atoms with E-state index in [1.54, 1.807) is 29.2 Å². The number of aromatic nitrogens is 4. The highest BCUT2D eigenvalue weighted by Gasteiger charge is 2.08. The molecule has 0 aliphatic heterocycles. The first kappa shape index (κ1) is 14.6. The van der Waals surface area contributed by atoms with E-state index in [9.17, 15) is 10.1 Å². The minimum Gasteiger partial charge on any atom is -0.275 e. The molecule has 114 valence electrons. The summed E-state index contributed by atoms with van der Waals surface area (Å²) in [4.78, 5) is 18.2. The van der Waals surface area contributed by atoms with Crippen LogP contribution < -0.4 is 0 Å². The number of aryl methyl sites for hydroxylation is 1. The van der Waals surface area contributed by atoms with Gasteiger partial charge in [-0.3, -0.25) is 19.8 Å². The first-order chi connectivity index (χ1) is 11.1. The van der Waals surface area contributed by atoms with Crippen LogP contribution in [-0.4, -0.2) is 24.7 Å². The molecule has 0 atom stereocenters. The Morgan fingerprint density at radius 3 is 2.61 bits per heavy atom. The molecule has 3 heterocycles. The van der Waals surface area contributed by atoms with Gasteiger partial charge in [0.25, 0.3) is 5.69 Å². The molecule has 0 unspecified atom stereocenters. The Balaban J connectivity index is 1.89. The fourth-order valence-electron chi connectivity index (χ4n) is 2.14. The van der Waals surface area contributed by atoms with Crippen LogP contribution in [0.5, 0.6) is 0 Å². The van der Waals surface area contributed by atoms with Gasteiger partial charge in [0.15, 0.2) is 0 Å². The van der Waals surface area contributed by atoms with E-state index in [4.69, 9.17) is 0 Å². The van der Waals surface area contributed by atoms with Crippen molar-refractivity contribution in [2.24, 2.45) is 7.05 Å². The smallest absolute Gasteiger partial charge is 0.275 e. The number of nitro groups is 1. The fraction of sp³-hybridized carbons (Fsp3) is 0.0625. The minimum atomic E-state index is -0.469. The van der Waals surface area contributed by atoms with Crippen molar-refractivity contribution in [1.29, 1.82) is 0 Å². The van der Waals surface area contributed by atoms with Crippen molar-refractivity contribution < 1.29 is 4.92 Å². The van der Waals surface area contributed by atoms with Gasteiger partial charge in [-0.15, -0.1) is 0 Å². The highest BCUT2D eigenvalue weighted by molar-refractivity contribution is 5.77. The zero-order valence-corrected chi connectivity index (χ0v) is 12.3. The molecule has 3 rings (SSSR count). The van der Waals surface area contributed by atoms with Crippen LogP contribution >= 0.6 is 0 Å². The molecule has 0 aromatic carbocycles. The average molecular weight is 307 g/mol. The molecule has 0 N–H and O–H groups in total. The van der Waals surface area contributed by atoms with Crippen LogP contribution in [0.4, 0.5) is 5.69 Å². The lowest BCUT2D eigenvalue weighted by Gasteiger charge is -1.97. The van der Waals surface area contributed by atoms with Crippen molar-refractivity contribution in [3.63, 3.8) is 0 Å². The number of pyridine rings is 2. The molecule has 0 saturated heterocycles. The maximum atomic E-state index is 10.6. The molecular weight excluding hydrogens is 294 g/mol. The molecule has 0 spiro atoms. The Morgan fingerprint density at radius 2 is 1.96 bits per heavy atom. The largest absolute Gasteiger partial charge is 0.287 e. The predicted octanol–water partition coefficient (Wildman–Crippen LogP) is 2.96.